The second-order valence-corrected chi connectivity index (χ2v) is 5.61. The molecular weight excluding hydrogens is 306 g/mol. The second-order valence-electron chi connectivity index (χ2n) is 4.76. The number of hydrogen-bond acceptors (Lipinski definition) is 3. The topological polar surface area (TPSA) is 46.9 Å². The average molecular weight is 320 g/mol. The van der Waals surface area contributed by atoms with Gasteiger partial charge in [0.25, 0.3) is 0 Å². The molecule has 0 spiro atoms. The quantitative estimate of drug-likeness (QED) is 0.885. The van der Waals surface area contributed by atoms with Gasteiger partial charge < -0.3 is 5.32 Å². The molecular formula is C14H14BrN3O. The maximum atomic E-state index is 12.4. The van der Waals surface area contributed by atoms with Crippen molar-refractivity contribution < 1.29 is 4.79 Å². The average Bonchev–Trinajstić information content (AvgIpc) is 2.94. The molecule has 1 unspecified atom stereocenters. The van der Waals surface area contributed by atoms with E-state index in [4.69, 9.17) is 0 Å². The highest BCUT2D eigenvalue weighted by Gasteiger charge is 2.26. The van der Waals surface area contributed by atoms with Crippen LogP contribution in [0.3, 0.4) is 0 Å². The van der Waals surface area contributed by atoms with Crippen molar-refractivity contribution in [3.05, 3.63) is 46.2 Å². The number of para-hydroxylation sites is 1. The van der Waals surface area contributed by atoms with E-state index >= 15 is 0 Å². The van der Waals surface area contributed by atoms with Gasteiger partial charge in [0.15, 0.2) is 5.78 Å². The number of nitrogens with zero attached hydrogens (tertiary/aromatic N) is 2. The van der Waals surface area contributed by atoms with Gasteiger partial charge in [0.2, 0.25) is 0 Å². The zero-order valence-corrected chi connectivity index (χ0v) is 12.1. The Labute approximate surface area is 119 Å². The summed E-state index contributed by atoms with van der Waals surface area (Å²) in [5.74, 6) is 0.362. The number of ketones is 1. The molecule has 3 rings (SSSR count). The van der Waals surface area contributed by atoms with Gasteiger partial charge in [-0.2, -0.15) is 5.10 Å². The fourth-order valence-electron chi connectivity index (χ4n) is 2.58. The molecule has 1 aromatic carbocycles. The zero-order valence-electron chi connectivity index (χ0n) is 10.6. The zero-order chi connectivity index (χ0) is 13.4. The van der Waals surface area contributed by atoms with E-state index in [0.29, 0.717) is 12.1 Å². The maximum absolute atomic E-state index is 12.4. The number of hydrogen-bond donors (Lipinski definition) is 1. The highest BCUT2D eigenvalue weighted by Crippen LogP contribution is 2.34. The summed E-state index contributed by atoms with van der Waals surface area (Å²) < 4.78 is 2.39. The molecule has 19 heavy (non-hydrogen) atoms. The molecule has 0 amide bonds. The molecule has 1 N–H and O–H groups in total. The third kappa shape index (κ3) is 2.18. The number of nitrogens with one attached hydrogen (secondary N) is 1. The van der Waals surface area contributed by atoms with Gasteiger partial charge >= 0.3 is 0 Å². The van der Waals surface area contributed by atoms with Crippen molar-refractivity contribution in [1.82, 2.24) is 9.78 Å². The third-order valence-electron chi connectivity index (χ3n) is 3.53. The van der Waals surface area contributed by atoms with E-state index in [0.717, 1.165) is 16.7 Å². The molecule has 0 fully saturated rings. The molecule has 0 saturated carbocycles. The number of fused-ring (bicyclic) bond motifs is 1. The molecule has 5 heteroatoms. The first kappa shape index (κ1) is 12.4. The van der Waals surface area contributed by atoms with Crippen LogP contribution in [0.2, 0.25) is 0 Å². The summed E-state index contributed by atoms with van der Waals surface area (Å²) in [6, 6.07) is 8.17. The normalized spacial score (nSPS) is 17.1. The monoisotopic (exact) mass is 319 g/mol. The van der Waals surface area contributed by atoms with Crippen LogP contribution >= 0.6 is 15.9 Å². The first-order chi connectivity index (χ1) is 9.16. The number of rotatable bonds is 3. The summed E-state index contributed by atoms with van der Waals surface area (Å²) in [6.45, 7) is 0.820. The van der Waals surface area contributed by atoms with Crippen molar-refractivity contribution >= 4 is 27.4 Å². The number of carbonyl (C=O) groups excluding carboxylic acids is 1. The van der Waals surface area contributed by atoms with Crippen molar-refractivity contribution in [2.75, 3.05) is 11.9 Å². The Bertz CT molecular complexity index is 616. The molecule has 2 aromatic rings. The van der Waals surface area contributed by atoms with Crippen LogP contribution in [0.5, 0.6) is 0 Å². The van der Waals surface area contributed by atoms with Crippen molar-refractivity contribution in [2.45, 2.75) is 12.3 Å². The van der Waals surface area contributed by atoms with E-state index in [1.165, 1.54) is 5.56 Å². The Balaban J connectivity index is 1.82. The highest BCUT2D eigenvalue weighted by molar-refractivity contribution is 9.10. The summed E-state index contributed by atoms with van der Waals surface area (Å²) >= 11 is 3.38. The van der Waals surface area contributed by atoms with E-state index in [2.05, 4.69) is 38.5 Å². The van der Waals surface area contributed by atoms with Crippen LogP contribution in [0.4, 0.5) is 5.69 Å². The fraction of sp³-hybridized carbons (Fsp3) is 0.286. The minimum absolute atomic E-state index is 0.121. The maximum Gasteiger partial charge on any atom is 0.182 e. The predicted molar refractivity (Wildman–Crippen MR) is 77.5 cm³/mol. The number of carbonyl (C=O) groups is 1. The van der Waals surface area contributed by atoms with Crippen LogP contribution in [-0.2, 0) is 7.05 Å². The van der Waals surface area contributed by atoms with Crippen LogP contribution < -0.4 is 5.32 Å². The van der Waals surface area contributed by atoms with Crippen molar-refractivity contribution in [3.8, 4) is 0 Å². The lowest BCUT2D eigenvalue weighted by molar-refractivity contribution is 0.0965. The van der Waals surface area contributed by atoms with E-state index in [-0.39, 0.29) is 11.7 Å². The molecule has 1 aliphatic rings. The van der Waals surface area contributed by atoms with Crippen LogP contribution in [-0.4, -0.2) is 22.1 Å². The van der Waals surface area contributed by atoms with Gasteiger partial charge in [-0.3, -0.25) is 9.48 Å². The molecule has 98 valence electrons. The molecule has 1 aromatic heterocycles. The van der Waals surface area contributed by atoms with Gasteiger partial charge in [-0.1, -0.05) is 18.2 Å². The van der Waals surface area contributed by atoms with Crippen molar-refractivity contribution in [1.29, 1.82) is 0 Å². The molecule has 0 bridgehead atoms. The molecule has 0 saturated heterocycles. The van der Waals surface area contributed by atoms with Gasteiger partial charge in [0.05, 0.1) is 10.7 Å². The van der Waals surface area contributed by atoms with Crippen molar-refractivity contribution in [2.24, 2.45) is 7.05 Å². The van der Waals surface area contributed by atoms with Crippen LogP contribution in [0.1, 0.15) is 28.4 Å². The number of aromatic nitrogens is 2. The summed E-state index contributed by atoms with van der Waals surface area (Å²) in [5.41, 5.74) is 3.02. The summed E-state index contributed by atoms with van der Waals surface area (Å²) in [4.78, 5) is 12.4. The smallest absolute Gasteiger partial charge is 0.182 e. The van der Waals surface area contributed by atoms with Gasteiger partial charge in [-0.05, 0) is 27.6 Å². The van der Waals surface area contributed by atoms with Crippen LogP contribution in [0, 0.1) is 0 Å². The summed E-state index contributed by atoms with van der Waals surface area (Å²) in [7, 11) is 1.79. The summed E-state index contributed by atoms with van der Waals surface area (Å²) in [6.07, 6.45) is 2.16. The SMILES string of the molecule is Cn1ncc(Br)c1C(=O)CC1CNc2ccccc21. The predicted octanol–water partition coefficient (Wildman–Crippen LogP) is 2.96. The van der Waals surface area contributed by atoms with Crippen LogP contribution in [0.15, 0.2) is 34.9 Å². The molecule has 2 heterocycles. The molecule has 0 radical (unpaired) electrons. The lowest BCUT2D eigenvalue weighted by Crippen LogP contribution is -2.13. The Morgan fingerprint density at radius 2 is 2.32 bits per heavy atom. The second kappa shape index (κ2) is 4.81. The van der Waals surface area contributed by atoms with E-state index < -0.39 is 0 Å². The molecule has 4 nitrogen and oxygen atoms in total. The minimum Gasteiger partial charge on any atom is -0.384 e. The van der Waals surface area contributed by atoms with E-state index in [9.17, 15) is 4.79 Å². The standard InChI is InChI=1S/C14H14BrN3O/c1-18-14(11(15)8-17-18)13(19)6-9-7-16-12-5-3-2-4-10(9)12/h2-5,8-9,16H,6-7H2,1H3. The largest absolute Gasteiger partial charge is 0.384 e. The minimum atomic E-state index is 0.121. The Morgan fingerprint density at radius 3 is 3.05 bits per heavy atom. The Morgan fingerprint density at radius 1 is 1.53 bits per heavy atom. The molecule has 1 aliphatic heterocycles. The number of benzene rings is 1. The Kier molecular flexibility index (Phi) is 3.14. The number of Topliss-reactive ketones (excluding diaryl/α,β-unsaturated/α-hetero) is 1. The number of anilines is 1. The summed E-state index contributed by atoms with van der Waals surface area (Å²) in [5, 5.41) is 7.43. The van der Waals surface area contributed by atoms with Gasteiger partial charge in [0, 0.05) is 31.6 Å². The number of aryl methyl sites for hydroxylation is 1. The highest BCUT2D eigenvalue weighted by atomic mass is 79.9. The first-order valence-electron chi connectivity index (χ1n) is 6.20. The van der Waals surface area contributed by atoms with E-state index in [1.807, 2.05) is 12.1 Å². The lowest BCUT2D eigenvalue weighted by Gasteiger charge is -2.09. The lowest BCUT2D eigenvalue weighted by atomic mass is 9.95. The van der Waals surface area contributed by atoms with E-state index in [1.54, 1.807) is 17.9 Å². The Hall–Kier alpha value is -1.62. The number of halogens is 1. The fourth-order valence-corrected chi connectivity index (χ4v) is 3.15. The third-order valence-corrected chi connectivity index (χ3v) is 4.11. The first-order valence-corrected chi connectivity index (χ1v) is 6.99. The van der Waals surface area contributed by atoms with Crippen molar-refractivity contribution in [3.63, 3.8) is 0 Å². The van der Waals surface area contributed by atoms with Gasteiger partial charge in [-0.15, -0.1) is 0 Å². The van der Waals surface area contributed by atoms with Crippen LogP contribution in [0.25, 0.3) is 0 Å². The molecule has 0 aliphatic carbocycles. The molecule has 1 atom stereocenters. The van der Waals surface area contributed by atoms with Gasteiger partial charge in [0.1, 0.15) is 5.69 Å². The van der Waals surface area contributed by atoms with Gasteiger partial charge in [-0.25, -0.2) is 0 Å².